The van der Waals surface area contributed by atoms with E-state index in [1.807, 2.05) is 0 Å². The Bertz CT molecular complexity index is 484. The number of carboxylic acids is 2. The molecule has 0 bridgehead atoms. The molecule has 0 aliphatic heterocycles. The molecule has 0 aliphatic rings. The fourth-order valence-corrected chi connectivity index (χ4v) is 4.58. The fraction of sp³-hybridized carbons (Fsp3) is 0.862. The number of hydrogen-bond donors (Lipinski definition) is 2. The van der Waals surface area contributed by atoms with E-state index in [0.29, 0.717) is 0 Å². The van der Waals surface area contributed by atoms with Crippen molar-refractivity contribution in [3.05, 3.63) is 11.1 Å². The van der Waals surface area contributed by atoms with Crippen LogP contribution < -0.4 is 0 Å². The lowest BCUT2D eigenvalue weighted by Crippen LogP contribution is -2.10. The van der Waals surface area contributed by atoms with Gasteiger partial charge < -0.3 is 10.2 Å². The van der Waals surface area contributed by atoms with Crippen molar-refractivity contribution in [2.75, 3.05) is 0 Å². The summed E-state index contributed by atoms with van der Waals surface area (Å²) in [6.07, 6.45) is 26.1. The lowest BCUT2D eigenvalue weighted by atomic mass is 9.93. The maximum absolute atomic E-state index is 11.7. The summed E-state index contributed by atoms with van der Waals surface area (Å²) in [5.41, 5.74) is 1.01. The van der Waals surface area contributed by atoms with E-state index in [1.165, 1.54) is 103 Å². The third kappa shape index (κ3) is 21.0. The van der Waals surface area contributed by atoms with Gasteiger partial charge in [0.1, 0.15) is 0 Å². The summed E-state index contributed by atoms with van der Waals surface area (Å²) in [5.74, 6) is -2.09. The van der Waals surface area contributed by atoms with Crippen molar-refractivity contribution >= 4 is 11.9 Å². The van der Waals surface area contributed by atoms with E-state index in [4.69, 9.17) is 0 Å². The van der Waals surface area contributed by atoms with Crippen LogP contribution in [0, 0.1) is 0 Å². The molecule has 0 aromatic heterocycles. The molecule has 0 aliphatic carbocycles. The van der Waals surface area contributed by atoms with Gasteiger partial charge in [0.2, 0.25) is 0 Å². The minimum Gasteiger partial charge on any atom is -0.481 e. The molecular weight excluding hydrogens is 412 g/mol. The van der Waals surface area contributed by atoms with Crippen LogP contribution in [0.3, 0.4) is 0 Å². The van der Waals surface area contributed by atoms with Crippen molar-refractivity contribution in [3.8, 4) is 0 Å². The van der Waals surface area contributed by atoms with Crippen LogP contribution in [0.15, 0.2) is 11.1 Å². The van der Waals surface area contributed by atoms with E-state index in [9.17, 15) is 19.8 Å². The topological polar surface area (TPSA) is 74.6 Å². The second kappa shape index (κ2) is 23.8. The average Bonchev–Trinajstić information content (AvgIpc) is 2.78. The number of rotatable bonds is 25. The van der Waals surface area contributed by atoms with Crippen molar-refractivity contribution in [1.29, 1.82) is 0 Å². The number of allylic oxidation sites excluding steroid dienone is 1. The number of carboxylic acid groups (broad SMARTS) is 2. The SMILES string of the molecule is CCCCCCCCCCCCC(CCCCCCCCCCCC)=C(CC(=O)O)C(=O)O. The summed E-state index contributed by atoms with van der Waals surface area (Å²) in [4.78, 5) is 22.9. The molecular formula is C29H54O4. The van der Waals surface area contributed by atoms with Gasteiger partial charge in [-0.25, -0.2) is 4.79 Å². The molecule has 0 amide bonds. The molecule has 0 saturated heterocycles. The van der Waals surface area contributed by atoms with Crippen molar-refractivity contribution in [3.63, 3.8) is 0 Å². The van der Waals surface area contributed by atoms with Gasteiger partial charge in [0, 0.05) is 5.57 Å². The molecule has 0 aromatic rings. The highest BCUT2D eigenvalue weighted by atomic mass is 16.4. The van der Waals surface area contributed by atoms with E-state index in [2.05, 4.69) is 13.8 Å². The van der Waals surface area contributed by atoms with Crippen LogP contribution >= 0.6 is 0 Å². The van der Waals surface area contributed by atoms with E-state index in [0.717, 1.165) is 44.1 Å². The van der Waals surface area contributed by atoms with Gasteiger partial charge in [-0.2, -0.15) is 0 Å². The quantitative estimate of drug-likeness (QED) is 0.104. The molecule has 4 heteroatoms. The Hall–Kier alpha value is -1.32. The molecule has 0 unspecified atom stereocenters. The summed E-state index contributed by atoms with van der Waals surface area (Å²) >= 11 is 0. The van der Waals surface area contributed by atoms with Gasteiger partial charge in [-0.15, -0.1) is 0 Å². The molecule has 0 spiro atoms. The summed E-state index contributed by atoms with van der Waals surface area (Å²) in [7, 11) is 0. The van der Waals surface area contributed by atoms with E-state index in [1.54, 1.807) is 0 Å². The predicted octanol–water partition coefficient (Wildman–Crippen LogP) is 9.46. The van der Waals surface area contributed by atoms with Gasteiger partial charge in [-0.3, -0.25) is 4.79 Å². The molecule has 0 fully saturated rings. The molecule has 33 heavy (non-hydrogen) atoms. The van der Waals surface area contributed by atoms with Crippen LogP contribution in [0.2, 0.25) is 0 Å². The Labute approximate surface area is 204 Å². The molecule has 0 rings (SSSR count). The lowest BCUT2D eigenvalue weighted by molar-refractivity contribution is -0.139. The molecule has 0 aromatic carbocycles. The van der Waals surface area contributed by atoms with Crippen molar-refractivity contribution in [2.45, 2.75) is 162 Å². The van der Waals surface area contributed by atoms with Gasteiger partial charge in [0.15, 0.2) is 0 Å². The van der Waals surface area contributed by atoms with Crippen LogP contribution in [0.25, 0.3) is 0 Å². The van der Waals surface area contributed by atoms with E-state index < -0.39 is 11.9 Å². The average molecular weight is 467 g/mol. The van der Waals surface area contributed by atoms with Crippen LogP contribution in [0.1, 0.15) is 162 Å². The second-order valence-electron chi connectivity index (χ2n) is 9.82. The third-order valence-corrected chi connectivity index (χ3v) is 6.68. The molecule has 0 saturated carbocycles. The first-order valence-corrected chi connectivity index (χ1v) is 14.2. The monoisotopic (exact) mass is 466 g/mol. The van der Waals surface area contributed by atoms with Gasteiger partial charge >= 0.3 is 11.9 Å². The minimum atomic E-state index is -1.05. The summed E-state index contributed by atoms with van der Waals surface area (Å²) < 4.78 is 0. The molecule has 0 atom stereocenters. The zero-order valence-corrected chi connectivity index (χ0v) is 22.0. The van der Waals surface area contributed by atoms with Crippen molar-refractivity contribution < 1.29 is 19.8 Å². The number of unbranched alkanes of at least 4 members (excludes halogenated alkanes) is 18. The molecule has 2 N–H and O–H groups in total. The van der Waals surface area contributed by atoms with Gasteiger partial charge in [-0.1, -0.05) is 135 Å². The summed E-state index contributed by atoms with van der Waals surface area (Å²) in [6.45, 7) is 4.48. The maximum Gasteiger partial charge on any atom is 0.332 e. The summed E-state index contributed by atoms with van der Waals surface area (Å²) in [6, 6.07) is 0. The van der Waals surface area contributed by atoms with Gasteiger partial charge in [-0.05, 0) is 25.7 Å². The second-order valence-corrected chi connectivity index (χ2v) is 9.82. The zero-order valence-electron chi connectivity index (χ0n) is 22.0. The molecule has 0 radical (unpaired) electrons. The van der Waals surface area contributed by atoms with Crippen LogP contribution in [0.4, 0.5) is 0 Å². The smallest absolute Gasteiger partial charge is 0.332 e. The largest absolute Gasteiger partial charge is 0.481 e. The Balaban J connectivity index is 4.26. The van der Waals surface area contributed by atoms with Crippen molar-refractivity contribution in [2.24, 2.45) is 0 Å². The Morgan fingerprint density at radius 1 is 0.485 bits per heavy atom. The molecule has 4 nitrogen and oxygen atoms in total. The normalized spacial score (nSPS) is 11.0. The highest BCUT2D eigenvalue weighted by Gasteiger charge is 2.17. The molecule has 194 valence electrons. The number of hydrogen-bond acceptors (Lipinski definition) is 2. The van der Waals surface area contributed by atoms with Gasteiger partial charge in [0.05, 0.1) is 6.42 Å². The lowest BCUT2D eigenvalue weighted by Gasteiger charge is -2.12. The highest BCUT2D eigenvalue weighted by Crippen LogP contribution is 2.24. The first-order valence-electron chi connectivity index (χ1n) is 14.2. The Kier molecular flexibility index (Phi) is 22.9. The molecule has 0 heterocycles. The maximum atomic E-state index is 11.7. The number of aliphatic carboxylic acids is 2. The standard InChI is InChI=1S/C29H54O4/c1-3-5-7-9-11-13-15-17-19-21-23-26(27(29(32)33)25-28(30)31)24-22-20-18-16-14-12-10-8-6-4-2/h3-25H2,1-2H3,(H,30,31)(H,32,33). The van der Waals surface area contributed by atoms with Crippen LogP contribution in [0.5, 0.6) is 0 Å². The predicted molar refractivity (Wildman–Crippen MR) is 140 cm³/mol. The zero-order chi connectivity index (χ0) is 24.6. The number of carbonyl (C=O) groups is 2. The Morgan fingerprint density at radius 2 is 0.788 bits per heavy atom. The summed E-state index contributed by atoms with van der Waals surface area (Å²) in [5, 5.41) is 18.8. The van der Waals surface area contributed by atoms with E-state index >= 15 is 0 Å². The fourth-order valence-electron chi connectivity index (χ4n) is 4.58. The van der Waals surface area contributed by atoms with Crippen molar-refractivity contribution in [1.82, 2.24) is 0 Å². The van der Waals surface area contributed by atoms with E-state index in [-0.39, 0.29) is 12.0 Å². The first kappa shape index (κ1) is 31.7. The van der Waals surface area contributed by atoms with Gasteiger partial charge in [0.25, 0.3) is 0 Å². The highest BCUT2D eigenvalue weighted by molar-refractivity contribution is 5.92. The van der Waals surface area contributed by atoms with Crippen LogP contribution in [-0.4, -0.2) is 22.2 Å². The minimum absolute atomic E-state index is 0.134. The Morgan fingerprint density at radius 3 is 1.06 bits per heavy atom. The van der Waals surface area contributed by atoms with Crippen LogP contribution in [-0.2, 0) is 9.59 Å². The third-order valence-electron chi connectivity index (χ3n) is 6.68. The first-order chi connectivity index (χ1) is 16.0.